The predicted molar refractivity (Wildman–Crippen MR) is 181 cm³/mol. The van der Waals surface area contributed by atoms with Crippen molar-refractivity contribution in [1.82, 2.24) is 9.47 Å². The van der Waals surface area contributed by atoms with E-state index in [0.717, 1.165) is 17.5 Å². The number of allylic oxidation sites excluding steroid dienone is 1. The monoisotopic (exact) mass is 661 g/mol. The second-order valence-corrected chi connectivity index (χ2v) is 12.7. The number of hydrogen-bond acceptors (Lipinski definition) is 9. The summed E-state index contributed by atoms with van der Waals surface area (Å²) in [7, 11) is 0. The van der Waals surface area contributed by atoms with Crippen molar-refractivity contribution in [3.05, 3.63) is 90.1 Å². The maximum absolute atomic E-state index is 14.2. The summed E-state index contributed by atoms with van der Waals surface area (Å²) in [6, 6.07) is 12.8. The van der Waals surface area contributed by atoms with Crippen molar-refractivity contribution in [2.45, 2.75) is 59.4 Å². The van der Waals surface area contributed by atoms with Gasteiger partial charge in [0.25, 0.3) is 11.5 Å². The molecular weight excluding hydrogens is 618 g/mol. The smallest absolute Gasteiger partial charge is 0.338 e. The molecule has 1 atom stereocenters. The maximum Gasteiger partial charge on any atom is 0.338 e. The highest BCUT2D eigenvalue weighted by atomic mass is 32.1. The Kier molecular flexibility index (Phi) is 11.3. The quantitative estimate of drug-likeness (QED) is 0.266. The average molecular weight is 662 g/mol. The Morgan fingerprint density at radius 3 is 2.43 bits per heavy atom. The third-order valence-corrected chi connectivity index (χ3v) is 9.07. The van der Waals surface area contributed by atoms with E-state index in [4.69, 9.17) is 23.9 Å². The van der Waals surface area contributed by atoms with E-state index >= 15 is 0 Å². The highest BCUT2D eigenvalue weighted by Crippen LogP contribution is 2.33. The molecule has 0 saturated carbocycles. The maximum atomic E-state index is 14.2. The number of nitrogens with zero attached hydrogens (tertiary/aromatic N) is 3. The molecule has 0 spiro atoms. The fourth-order valence-electron chi connectivity index (χ4n) is 5.70. The lowest BCUT2D eigenvalue weighted by molar-refractivity contribution is -0.139. The molecule has 3 aromatic rings. The minimum Gasteiger partial charge on any atom is -0.490 e. The third kappa shape index (κ3) is 7.68. The molecule has 11 heteroatoms. The second kappa shape index (κ2) is 15.6. The van der Waals surface area contributed by atoms with Gasteiger partial charge in [0.05, 0.1) is 48.3 Å². The molecule has 3 heterocycles. The normalized spacial score (nSPS) is 16.6. The van der Waals surface area contributed by atoms with Crippen LogP contribution < -0.4 is 24.4 Å². The Balaban J connectivity index is 1.54. The number of rotatable bonds is 12. The molecular formula is C36H43N3O7S. The van der Waals surface area contributed by atoms with E-state index in [9.17, 15) is 14.4 Å². The summed E-state index contributed by atoms with van der Waals surface area (Å²) in [4.78, 5) is 47.4. The van der Waals surface area contributed by atoms with Crippen molar-refractivity contribution in [2.75, 3.05) is 46.1 Å². The van der Waals surface area contributed by atoms with Crippen LogP contribution in [0, 0.1) is 0 Å². The van der Waals surface area contributed by atoms with E-state index in [2.05, 4.69) is 13.8 Å². The fraction of sp³-hybridized carbons (Fsp3) is 0.444. The molecule has 2 aromatic carbocycles. The van der Waals surface area contributed by atoms with Gasteiger partial charge in [0, 0.05) is 13.1 Å². The van der Waals surface area contributed by atoms with Crippen LogP contribution in [0.25, 0.3) is 6.08 Å². The van der Waals surface area contributed by atoms with Gasteiger partial charge >= 0.3 is 5.97 Å². The molecule has 1 fully saturated rings. The van der Waals surface area contributed by atoms with Gasteiger partial charge in [0.2, 0.25) is 0 Å². The zero-order chi connectivity index (χ0) is 33.5. The largest absolute Gasteiger partial charge is 0.490 e. The number of esters is 1. The van der Waals surface area contributed by atoms with Gasteiger partial charge < -0.3 is 23.8 Å². The molecule has 0 radical (unpaired) electrons. The molecule has 1 amide bonds. The van der Waals surface area contributed by atoms with Gasteiger partial charge in [-0.05, 0) is 61.1 Å². The first-order chi connectivity index (χ1) is 22.7. The van der Waals surface area contributed by atoms with Crippen LogP contribution >= 0.6 is 11.3 Å². The van der Waals surface area contributed by atoms with Gasteiger partial charge in [-0.25, -0.2) is 9.79 Å². The summed E-state index contributed by atoms with van der Waals surface area (Å²) >= 11 is 1.28. The van der Waals surface area contributed by atoms with E-state index < -0.39 is 12.0 Å². The summed E-state index contributed by atoms with van der Waals surface area (Å²) in [5.74, 6) is 0.683. The van der Waals surface area contributed by atoms with E-state index in [1.165, 1.54) is 16.9 Å². The van der Waals surface area contributed by atoms with Crippen molar-refractivity contribution in [3.8, 4) is 11.5 Å². The SMILES string of the molecule is CCCC1=C(C(=O)OCC)[C@@H](c2ccc(C(C)C)cc2)n2c(s/c(=C/c3ccc(OCC(=O)N4CCOCC4)c(OCC)c3)c2=O)=N1. The Morgan fingerprint density at radius 2 is 1.77 bits per heavy atom. The van der Waals surface area contributed by atoms with Gasteiger partial charge in [0.15, 0.2) is 22.9 Å². The van der Waals surface area contributed by atoms with Gasteiger partial charge in [-0.2, -0.15) is 0 Å². The lowest BCUT2D eigenvalue weighted by Gasteiger charge is -2.26. The predicted octanol–water partition coefficient (Wildman–Crippen LogP) is 4.34. The van der Waals surface area contributed by atoms with Crippen LogP contribution in [0.4, 0.5) is 0 Å². The molecule has 10 nitrogen and oxygen atoms in total. The molecule has 0 N–H and O–H groups in total. The van der Waals surface area contributed by atoms with Gasteiger partial charge in [-0.1, -0.05) is 68.9 Å². The first-order valence-electron chi connectivity index (χ1n) is 16.3. The van der Waals surface area contributed by atoms with Crippen LogP contribution in [0.3, 0.4) is 0 Å². The van der Waals surface area contributed by atoms with Crippen molar-refractivity contribution in [3.63, 3.8) is 0 Å². The summed E-state index contributed by atoms with van der Waals surface area (Å²) in [6.07, 6.45) is 3.15. The van der Waals surface area contributed by atoms with Crippen LogP contribution in [0.2, 0.25) is 0 Å². The van der Waals surface area contributed by atoms with Crippen LogP contribution in [-0.4, -0.2) is 67.5 Å². The second-order valence-electron chi connectivity index (χ2n) is 11.7. The Morgan fingerprint density at radius 1 is 1.02 bits per heavy atom. The Hall–Kier alpha value is -4.22. The minimum atomic E-state index is -0.672. The van der Waals surface area contributed by atoms with E-state index in [1.54, 1.807) is 34.6 Å². The summed E-state index contributed by atoms with van der Waals surface area (Å²) in [5, 5.41) is 0. The molecule has 0 unspecified atom stereocenters. The molecule has 1 aromatic heterocycles. The molecule has 250 valence electrons. The van der Waals surface area contributed by atoms with Crippen LogP contribution in [0.15, 0.2) is 63.5 Å². The van der Waals surface area contributed by atoms with Crippen molar-refractivity contribution < 1.29 is 28.5 Å². The number of ether oxygens (including phenoxy) is 4. The van der Waals surface area contributed by atoms with Gasteiger partial charge in [0.1, 0.15) is 0 Å². The molecule has 2 aliphatic rings. The number of morpholine rings is 1. The van der Waals surface area contributed by atoms with E-state index in [1.807, 2.05) is 44.2 Å². The Bertz CT molecular complexity index is 1800. The van der Waals surface area contributed by atoms with Crippen LogP contribution in [0.5, 0.6) is 11.5 Å². The van der Waals surface area contributed by atoms with E-state index in [0.29, 0.717) is 77.4 Å². The fourth-order valence-corrected chi connectivity index (χ4v) is 6.72. The number of carbonyl (C=O) groups is 2. The van der Waals surface area contributed by atoms with E-state index in [-0.39, 0.29) is 24.7 Å². The Labute approximate surface area is 278 Å². The number of fused-ring (bicyclic) bond motifs is 1. The number of thiazole rings is 1. The summed E-state index contributed by atoms with van der Waals surface area (Å²) < 4.78 is 24.7. The highest BCUT2D eigenvalue weighted by Gasteiger charge is 2.34. The lowest BCUT2D eigenvalue weighted by Crippen LogP contribution is -2.43. The van der Waals surface area contributed by atoms with Crippen molar-refractivity contribution in [1.29, 1.82) is 0 Å². The van der Waals surface area contributed by atoms with Crippen LogP contribution in [-0.2, 0) is 19.1 Å². The molecule has 0 aliphatic carbocycles. The zero-order valence-electron chi connectivity index (χ0n) is 27.7. The summed E-state index contributed by atoms with van der Waals surface area (Å²) in [6.45, 7) is 12.6. The number of carbonyl (C=O) groups excluding carboxylic acids is 2. The first kappa shape index (κ1) is 34.1. The molecule has 2 aliphatic heterocycles. The minimum absolute atomic E-state index is 0.112. The number of amides is 1. The topological polar surface area (TPSA) is 109 Å². The first-order valence-corrected chi connectivity index (χ1v) is 17.1. The molecule has 0 bridgehead atoms. The zero-order valence-corrected chi connectivity index (χ0v) is 28.6. The molecule has 47 heavy (non-hydrogen) atoms. The number of benzene rings is 2. The molecule has 5 rings (SSSR count). The van der Waals surface area contributed by atoms with Crippen LogP contribution in [0.1, 0.15) is 76.1 Å². The summed E-state index contributed by atoms with van der Waals surface area (Å²) in [5.41, 5.74) is 3.50. The van der Waals surface area contributed by atoms with Crippen molar-refractivity contribution in [2.24, 2.45) is 4.99 Å². The molecule has 1 saturated heterocycles. The highest BCUT2D eigenvalue weighted by molar-refractivity contribution is 7.07. The van der Waals surface area contributed by atoms with Gasteiger partial charge in [-0.15, -0.1) is 0 Å². The lowest BCUT2D eigenvalue weighted by atomic mass is 9.92. The third-order valence-electron chi connectivity index (χ3n) is 8.09. The standard InChI is InChI=1S/C36H43N3O7S/c1-6-9-27-32(35(42)45-8-3)33(26-13-11-25(12-14-26)23(4)5)39-34(41)30(47-36(39)37-27)21-24-10-15-28(29(20-24)44-7-2)46-22-31(40)38-16-18-43-19-17-38/h10-15,20-21,23,33H,6-9,16-19,22H2,1-5H3/b30-21+/t33-/m1/s1. The van der Waals surface area contributed by atoms with Crippen molar-refractivity contribution >= 4 is 29.3 Å². The average Bonchev–Trinajstić information content (AvgIpc) is 3.38. The number of hydrogen-bond donors (Lipinski definition) is 0. The van der Waals surface area contributed by atoms with Gasteiger partial charge in [-0.3, -0.25) is 14.2 Å². The number of aromatic nitrogens is 1.